The Bertz CT molecular complexity index is 867. The van der Waals surface area contributed by atoms with Crippen molar-refractivity contribution in [3.05, 3.63) is 46.8 Å². The molecule has 0 saturated carbocycles. The Morgan fingerprint density at radius 2 is 1.93 bits per heavy atom. The highest BCUT2D eigenvalue weighted by Gasteiger charge is 2.53. The fraction of sp³-hybridized carbons (Fsp3) is 0.609. The maximum Gasteiger partial charge on any atom is 0.115 e. The fourth-order valence-corrected chi connectivity index (χ4v) is 6.24. The Labute approximate surface area is 168 Å². The summed E-state index contributed by atoms with van der Waals surface area (Å²) in [5.41, 5.74) is 5.20. The summed E-state index contributed by atoms with van der Waals surface area (Å²) in [6.07, 6.45) is 2.66. The number of likely N-dealkylation sites (tertiary alicyclic amines) is 1. The van der Waals surface area contributed by atoms with Gasteiger partial charge in [-0.2, -0.15) is 5.10 Å². The van der Waals surface area contributed by atoms with Crippen molar-refractivity contribution in [3.8, 4) is 5.75 Å². The summed E-state index contributed by atoms with van der Waals surface area (Å²) in [5, 5.41) is 14.8. The van der Waals surface area contributed by atoms with Crippen molar-refractivity contribution in [1.29, 1.82) is 0 Å². The third kappa shape index (κ3) is 2.79. The molecule has 3 atom stereocenters. The lowest BCUT2D eigenvalue weighted by atomic mass is 9.75. The molecule has 28 heavy (non-hydrogen) atoms. The van der Waals surface area contributed by atoms with Gasteiger partial charge in [0.1, 0.15) is 5.75 Å². The number of hydrogen-bond donors (Lipinski definition) is 1. The molecule has 2 aromatic rings. The zero-order valence-corrected chi connectivity index (χ0v) is 17.3. The van der Waals surface area contributed by atoms with E-state index in [4.69, 9.17) is 5.10 Å². The Balaban J connectivity index is 1.49. The molecule has 0 unspecified atom stereocenters. The van der Waals surface area contributed by atoms with E-state index in [2.05, 4.69) is 41.3 Å². The Kier molecular flexibility index (Phi) is 4.48. The van der Waals surface area contributed by atoms with Gasteiger partial charge >= 0.3 is 0 Å². The van der Waals surface area contributed by atoms with E-state index in [9.17, 15) is 5.11 Å². The molecule has 4 aliphatic rings. The highest BCUT2D eigenvalue weighted by Crippen LogP contribution is 2.47. The summed E-state index contributed by atoms with van der Waals surface area (Å²) in [6, 6.07) is 9.18. The molecule has 2 bridgehead atoms. The number of benzene rings is 1. The lowest BCUT2D eigenvalue weighted by Crippen LogP contribution is -2.60. The second-order valence-corrected chi connectivity index (χ2v) is 8.95. The summed E-state index contributed by atoms with van der Waals surface area (Å²) in [7, 11) is 0. The first kappa shape index (κ1) is 18.2. The van der Waals surface area contributed by atoms with Crippen LogP contribution in [0.4, 0.5) is 0 Å². The fourth-order valence-electron chi connectivity index (χ4n) is 6.24. The molecule has 1 N–H and O–H groups in total. The van der Waals surface area contributed by atoms with Crippen molar-refractivity contribution in [1.82, 2.24) is 19.6 Å². The quantitative estimate of drug-likeness (QED) is 0.884. The van der Waals surface area contributed by atoms with Gasteiger partial charge in [0.15, 0.2) is 0 Å². The maximum atomic E-state index is 10.1. The number of rotatable bonds is 4. The lowest BCUT2D eigenvalue weighted by Gasteiger charge is -2.51. The van der Waals surface area contributed by atoms with Crippen LogP contribution in [-0.2, 0) is 13.1 Å². The van der Waals surface area contributed by atoms with Gasteiger partial charge in [-0.15, -0.1) is 0 Å². The summed E-state index contributed by atoms with van der Waals surface area (Å²) < 4.78 is 2.14. The van der Waals surface area contributed by atoms with Gasteiger partial charge in [0.05, 0.1) is 5.69 Å². The number of hydrogen-bond acceptors (Lipinski definition) is 4. The standard InChI is InChI=1S/C23H32N4O/c1-4-27-16(3)20(15(2)24-27)13-26-14-21(18-6-5-7-19(28)12-18)23-22(26)17-8-10-25(23)11-9-17/h5-7,12,17,21-23,28H,4,8-11,13-14H2,1-3H3/t21-,22+,23+/m1/s1. The van der Waals surface area contributed by atoms with E-state index in [1.54, 1.807) is 6.07 Å². The van der Waals surface area contributed by atoms with E-state index in [-0.39, 0.29) is 0 Å². The zero-order chi connectivity index (χ0) is 19.4. The molecule has 4 aliphatic heterocycles. The van der Waals surface area contributed by atoms with Crippen LogP contribution in [0, 0.1) is 19.8 Å². The second kappa shape index (κ2) is 6.89. The number of aromatic hydroxyl groups is 1. The summed E-state index contributed by atoms with van der Waals surface area (Å²) in [6.45, 7) is 12.0. The van der Waals surface area contributed by atoms with Crippen molar-refractivity contribution in [2.75, 3.05) is 19.6 Å². The number of aromatic nitrogens is 2. The van der Waals surface area contributed by atoms with Gasteiger partial charge in [0.25, 0.3) is 0 Å². The Morgan fingerprint density at radius 1 is 1.14 bits per heavy atom. The summed E-state index contributed by atoms with van der Waals surface area (Å²) in [5.74, 6) is 1.67. The van der Waals surface area contributed by atoms with Crippen molar-refractivity contribution >= 4 is 0 Å². The molecule has 5 nitrogen and oxygen atoms in total. The second-order valence-electron chi connectivity index (χ2n) is 8.95. The molecule has 0 amide bonds. The van der Waals surface area contributed by atoms with Gasteiger partial charge in [0, 0.05) is 48.9 Å². The molecule has 4 fully saturated rings. The van der Waals surface area contributed by atoms with Crippen LogP contribution in [0.5, 0.6) is 5.75 Å². The smallest absolute Gasteiger partial charge is 0.115 e. The average molecular weight is 381 g/mol. The molecule has 4 saturated heterocycles. The first-order chi connectivity index (χ1) is 13.6. The molecule has 6 rings (SSSR count). The molecular weight excluding hydrogens is 348 g/mol. The topological polar surface area (TPSA) is 44.5 Å². The highest BCUT2D eigenvalue weighted by molar-refractivity contribution is 5.34. The lowest BCUT2D eigenvalue weighted by molar-refractivity contribution is -0.00878. The van der Waals surface area contributed by atoms with Crippen LogP contribution in [0.15, 0.2) is 24.3 Å². The third-order valence-corrected chi connectivity index (χ3v) is 7.58. The molecular formula is C23H32N4O. The number of fused-ring (bicyclic) bond motifs is 2. The van der Waals surface area contributed by atoms with Crippen molar-refractivity contribution < 1.29 is 5.11 Å². The average Bonchev–Trinajstić information content (AvgIpc) is 3.23. The summed E-state index contributed by atoms with van der Waals surface area (Å²) >= 11 is 0. The van der Waals surface area contributed by atoms with Crippen LogP contribution in [0.25, 0.3) is 0 Å². The van der Waals surface area contributed by atoms with Gasteiger partial charge in [0.2, 0.25) is 0 Å². The molecule has 1 aromatic heterocycles. The minimum Gasteiger partial charge on any atom is -0.508 e. The third-order valence-electron chi connectivity index (χ3n) is 7.58. The van der Waals surface area contributed by atoms with E-state index in [0.29, 0.717) is 23.8 Å². The summed E-state index contributed by atoms with van der Waals surface area (Å²) in [4.78, 5) is 5.47. The molecule has 0 radical (unpaired) electrons. The largest absolute Gasteiger partial charge is 0.508 e. The van der Waals surface area contributed by atoms with E-state index in [0.717, 1.165) is 25.6 Å². The van der Waals surface area contributed by atoms with E-state index < -0.39 is 0 Å². The number of aryl methyl sites for hydroxylation is 2. The molecule has 5 heterocycles. The molecule has 0 aliphatic carbocycles. The zero-order valence-electron chi connectivity index (χ0n) is 17.3. The van der Waals surface area contributed by atoms with Gasteiger partial charge in [-0.3, -0.25) is 14.5 Å². The molecule has 0 spiro atoms. The van der Waals surface area contributed by atoms with Crippen molar-refractivity contribution in [2.45, 2.75) is 64.7 Å². The van der Waals surface area contributed by atoms with E-state index >= 15 is 0 Å². The van der Waals surface area contributed by atoms with Crippen molar-refractivity contribution in [3.63, 3.8) is 0 Å². The van der Waals surface area contributed by atoms with E-state index in [1.165, 1.54) is 48.4 Å². The first-order valence-corrected chi connectivity index (χ1v) is 10.9. The van der Waals surface area contributed by atoms with Gasteiger partial charge in [-0.1, -0.05) is 12.1 Å². The molecule has 1 aromatic carbocycles. The Hall–Kier alpha value is -1.85. The minimum atomic E-state index is 0.388. The van der Waals surface area contributed by atoms with Gasteiger partial charge in [-0.05, 0) is 70.3 Å². The van der Waals surface area contributed by atoms with Crippen LogP contribution >= 0.6 is 0 Å². The predicted octanol–water partition coefficient (Wildman–Crippen LogP) is 3.29. The number of phenols is 1. The number of nitrogens with zero attached hydrogens (tertiary/aromatic N) is 4. The maximum absolute atomic E-state index is 10.1. The number of piperidine rings is 3. The van der Waals surface area contributed by atoms with Crippen LogP contribution in [0.1, 0.15) is 48.2 Å². The van der Waals surface area contributed by atoms with Crippen LogP contribution in [0.2, 0.25) is 0 Å². The monoisotopic (exact) mass is 380 g/mol. The van der Waals surface area contributed by atoms with Gasteiger partial charge in [-0.25, -0.2) is 0 Å². The minimum absolute atomic E-state index is 0.388. The SMILES string of the molecule is CCn1nc(C)c(CN2C[C@H](c3cccc(O)c3)[C@H]3[C@@H]2C2CCN3CC2)c1C. The predicted molar refractivity (Wildman–Crippen MR) is 111 cm³/mol. The highest BCUT2D eigenvalue weighted by atomic mass is 16.3. The van der Waals surface area contributed by atoms with Gasteiger partial charge < -0.3 is 5.11 Å². The Morgan fingerprint density at radius 3 is 2.61 bits per heavy atom. The number of phenolic OH excluding ortho intramolecular Hbond substituents is 1. The molecule has 150 valence electrons. The van der Waals surface area contributed by atoms with Crippen LogP contribution < -0.4 is 0 Å². The normalized spacial score (nSPS) is 32.0. The molecule has 5 heteroatoms. The first-order valence-electron chi connectivity index (χ1n) is 10.9. The van der Waals surface area contributed by atoms with Crippen LogP contribution in [0.3, 0.4) is 0 Å². The van der Waals surface area contributed by atoms with E-state index in [1.807, 2.05) is 12.1 Å². The van der Waals surface area contributed by atoms with Crippen LogP contribution in [-0.4, -0.2) is 56.4 Å². The van der Waals surface area contributed by atoms with Crippen molar-refractivity contribution in [2.24, 2.45) is 5.92 Å².